The third-order valence-corrected chi connectivity index (χ3v) is 5.71. The summed E-state index contributed by atoms with van der Waals surface area (Å²) in [5.41, 5.74) is 4.74. The smallest absolute Gasteiger partial charge is 0.113 e. The van der Waals surface area contributed by atoms with Crippen LogP contribution in [0.15, 0.2) is 24.4 Å². The van der Waals surface area contributed by atoms with Crippen LogP contribution in [0.5, 0.6) is 0 Å². The van der Waals surface area contributed by atoms with Gasteiger partial charge >= 0.3 is 0 Å². The van der Waals surface area contributed by atoms with Gasteiger partial charge in [-0.2, -0.15) is 0 Å². The molecule has 4 heteroatoms. The van der Waals surface area contributed by atoms with Crippen molar-refractivity contribution in [2.45, 2.75) is 51.7 Å². The SMILES string of the molecule is Cc1cc(C#CC2CC2)ccc1-c1cn(CC23CC(C)(CO2)C3)nn1. The highest BCUT2D eigenvalue weighted by Gasteiger charge is 2.59. The Balaban J connectivity index is 1.34. The van der Waals surface area contributed by atoms with E-state index in [4.69, 9.17) is 4.74 Å². The summed E-state index contributed by atoms with van der Waals surface area (Å²) >= 11 is 0. The average molecular weight is 333 g/mol. The number of nitrogens with zero attached hydrogens (tertiary/aromatic N) is 3. The molecule has 2 aromatic rings. The lowest BCUT2D eigenvalue weighted by Gasteiger charge is -2.42. The molecule has 4 aliphatic rings. The molecule has 2 saturated heterocycles. The fourth-order valence-corrected chi connectivity index (χ4v) is 4.43. The van der Waals surface area contributed by atoms with Gasteiger partial charge in [0.2, 0.25) is 0 Å². The zero-order chi connectivity index (χ0) is 17.1. The highest BCUT2D eigenvalue weighted by molar-refractivity contribution is 5.64. The Bertz CT molecular complexity index is 891. The molecule has 25 heavy (non-hydrogen) atoms. The van der Waals surface area contributed by atoms with Gasteiger partial charge < -0.3 is 4.74 Å². The van der Waals surface area contributed by atoms with E-state index in [2.05, 4.69) is 54.2 Å². The summed E-state index contributed by atoms with van der Waals surface area (Å²) < 4.78 is 7.97. The fraction of sp³-hybridized carbons (Fsp3) is 0.524. The van der Waals surface area contributed by atoms with Crippen LogP contribution in [0, 0.1) is 30.1 Å². The first-order valence-electron chi connectivity index (χ1n) is 9.19. The Hall–Kier alpha value is -2.12. The maximum absolute atomic E-state index is 6.02. The molecule has 1 aromatic carbocycles. The first-order chi connectivity index (χ1) is 12.0. The van der Waals surface area contributed by atoms with Crippen molar-refractivity contribution in [2.24, 2.45) is 11.3 Å². The second-order valence-electron chi connectivity index (χ2n) is 8.51. The van der Waals surface area contributed by atoms with Crippen LogP contribution in [-0.2, 0) is 11.3 Å². The van der Waals surface area contributed by atoms with Crippen molar-refractivity contribution in [1.29, 1.82) is 0 Å². The highest BCUT2D eigenvalue weighted by Crippen LogP contribution is 2.58. The first kappa shape index (κ1) is 15.2. The maximum atomic E-state index is 6.02. The second-order valence-corrected chi connectivity index (χ2v) is 8.51. The molecule has 2 saturated carbocycles. The van der Waals surface area contributed by atoms with E-state index in [9.17, 15) is 0 Å². The van der Waals surface area contributed by atoms with Crippen LogP contribution >= 0.6 is 0 Å². The molecular weight excluding hydrogens is 310 g/mol. The number of hydrogen-bond acceptors (Lipinski definition) is 3. The third kappa shape index (κ3) is 2.77. The van der Waals surface area contributed by atoms with Crippen molar-refractivity contribution in [3.05, 3.63) is 35.5 Å². The summed E-state index contributed by atoms with van der Waals surface area (Å²) in [5, 5.41) is 8.73. The Labute approximate surface area is 148 Å². The number of ether oxygens (including phenoxy) is 1. The minimum atomic E-state index is -0.00295. The monoisotopic (exact) mass is 333 g/mol. The number of hydrogen-bond donors (Lipinski definition) is 0. The number of fused-ring (bicyclic) bond motifs is 1. The van der Waals surface area contributed by atoms with Gasteiger partial charge in [0.1, 0.15) is 5.69 Å². The molecule has 0 N–H and O–H groups in total. The summed E-state index contributed by atoms with van der Waals surface area (Å²) in [4.78, 5) is 0. The number of aromatic nitrogens is 3. The van der Waals surface area contributed by atoms with Gasteiger partial charge in [-0.3, -0.25) is 0 Å². The minimum absolute atomic E-state index is 0.00295. The van der Waals surface area contributed by atoms with Crippen LogP contribution in [0.1, 0.15) is 43.7 Å². The minimum Gasteiger partial charge on any atom is -0.372 e. The molecule has 0 unspecified atom stereocenters. The molecular formula is C21H23N3O. The van der Waals surface area contributed by atoms with Crippen LogP contribution < -0.4 is 0 Å². The molecule has 1 aromatic heterocycles. The number of aryl methyl sites for hydroxylation is 1. The van der Waals surface area contributed by atoms with E-state index in [1.807, 2.05) is 10.9 Å². The Morgan fingerprint density at radius 2 is 2.16 bits per heavy atom. The number of rotatable bonds is 3. The van der Waals surface area contributed by atoms with Gasteiger partial charge in [0.15, 0.2) is 0 Å². The summed E-state index contributed by atoms with van der Waals surface area (Å²) in [7, 11) is 0. The molecule has 4 fully saturated rings. The van der Waals surface area contributed by atoms with E-state index in [-0.39, 0.29) is 5.60 Å². The summed E-state index contributed by atoms with van der Waals surface area (Å²) in [6.45, 7) is 6.12. The van der Waals surface area contributed by atoms with Crippen molar-refractivity contribution >= 4 is 0 Å². The predicted octanol–water partition coefficient (Wildman–Crippen LogP) is 3.58. The van der Waals surface area contributed by atoms with E-state index in [0.717, 1.165) is 42.8 Å². The zero-order valence-electron chi connectivity index (χ0n) is 14.9. The maximum Gasteiger partial charge on any atom is 0.113 e. The predicted molar refractivity (Wildman–Crippen MR) is 95.8 cm³/mol. The van der Waals surface area contributed by atoms with E-state index >= 15 is 0 Å². The molecule has 0 radical (unpaired) electrons. The summed E-state index contributed by atoms with van der Waals surface area (Å²) in [6, 6.07) is 6.36. The average Bonchev–Trinajstić information content (AvgIpc) is 3.06. The summed E-state index contributed by atoms with van der Waals surface area (Å²) in [6.07, 6.45) is 6.85. The van der Waals surface area contributed by atoms with Gasteiger partial charge in [0.25, 0.3) is 0 Å². The molecule has 128 valence electrons. The lowest BCUT2D eigenvalue weighted by atomic mass is 9.64. The van der Waals surface area contributed by atoms with Crippen LogP contribution in [0.25, 0.3) is 11.3 Å². The van der Waals surface area contributed by atoms with Crippen molar-refractivity contribution < 1.29 is 4.74 Å². The van der Waals surface area contributed by atoms with Gasteiger partial charge in [-0.25, -0.2) is 4.68 Å². The van der Waals surface area contributed by atoms with Gasteiger partial charge in [-0.1, -0.05) is 30.0 Å². The molecule has 3 heterocycles. The Kier molecular flexibility index (Phi) is 3.15. The van der Waals surface area contributed by atoms with Crippen LogP contribution in [0.2, 0.25) is 0 Å². The van der Waals surface area contributed by atoms with Gasteiger partial charge in [-0.15, -0.1) is 5.10 Å². The third-order valence-electron chi connectivity index (χ3n) is 5.71. The fourth-order valence-electron chi connectivity index (χ4n) is 4.43. The zero-order valence-corrected chi connectivity index (χ0v) is 14.9. The Morgan fingerprint density at radius 1 is 1.32 bits per heavy atom. The Morgan fingerprint density at radius 3 is 2.84 bits per heavy atom. The van der Waals surface area contributed by atoms with Crippen molar-refractivity contribution in [2.75, 3.05) is 6.61 Å². The van der Waals surface area contributed by atoms with E-state index < -0.39 is 0 Å². The first-order valence-corrected chi connectivity index (χ1v) is 9.19. The van der Waals surface area contributed by atoms with Crippen molar-refractivity contribution in [3.8, 4) is 23.1 Å². The second kappa shape index (κ2) is 5.19. The molecule has 2 aliphatic carbocycles. The standard InChI is InChI=1S/C21H23N3O/c1-15-9-17(6-5-16-3-4-16)7-8-18(15)19-10-24(23-22-19)13-21-11-20(2,12-21)14-25-21/h7-10,16H,3-4,11-14H2,1-2H3. The molecule has 6 rings (SSSR count). The largest absolute Gasteiger partial charge is 0.372 e. The normalized spacial score (nSPS) is 29.8. The van der Waals surface area contributed by atoms with E-state index in [1.165, 1.54) is 18.4 Å². The quantitative estimate of drug-likeness (QED) is 0.806. The summed E-state index contributed by atoms with van der Waals surface area (Å²) in [5.74, 6) is 7.24. The van der Waals surface area contributed by atoms with E-state index in [0.29, 0.717) is 11.3 Å². The van der Waals surface area contributed by atoms with Crippen LogP contribution in [0.3, 0.4) is 0 Å². The van der Waals surface area contributed by atoms with Crippen molar-refractivity contribution in [3.63, 3.8) is 0 Å². The molecule has 2 aliphatic heterocycles. The van der Waals surface area contributed by atoms with E-state index in [1.54, 1.807) is 0 Å². The highest BCUT2D eigenvalue weighted by atomic mass is 16.5. The lowest BCUT2D eigenvalue weighted by molar-refractivity contribution is -0.0294. The van der Waals surface area contributed by atoms with Gasteiger partial charge in [0, 0.05) is 17.0 Å². The molecule has 0 atom stereocenters. The molecule has 0 spiro atoms. The van der Waals surface area contributed by atoms with Crippen LogP contribution in [-0.4, -0.2) is 27.2 Å². The lowest BCUT2D eigenvalue weighted by Crippen LogP contribution is -2.45. The van der Waals surface area contributed by atoms with Gasteiger partial charge in [-0.05, 0) is 55.7 Å². The van der Waals surface area contributed by atoms with Crippen molar-refractivity contribution in [1.82, 2.24) is 15.0 Å². The van der Waals surface area contributed by atoms with Crippen LogP contribution in [0.4, 0.5) is 0 Å². The van der Waals surface area contributed by atoms with Gasteiger partial charge in [0.05, 0.1) is 24.9 Å². The molecule has 2 bridgehead atoms. The molecule has 0 amide bonds. The number of benzene rings is 1. The molecule has 4 nitrogen and oxygen atoms in total. The topological polar surface area (TPSA) is 39.9 Å².